The third kappa shape index (κ3) is 3.90. The van der Waals surface area contributed by atoms with Crippen molar-refractivity contribution in [3.05, 3.63) is 57.6 Å². The van der Waals surface area contributed by atoms with Crippen LogP contribution >= 0.6 is 15.9 Å². The summed E-state index contributed by atoms with van der Waals surface area (Å²) in [6, 6.07) is 10.8. The molecule has 1 fully saturated rings. The van der Waals surface area contributed by atoms with Gasteiger partial charge < -0.3 is 10.1 Å². The zero-order chi connectivity index (χ0) is 20.5. The summed E-state index contributed by atoms with van der Waals surface area (Å²) in [7, 11) is 0. The fourth-order valence-corrected chi connectivity index (χ4v) is 4.61. The van der Waals surface area contributed by atoms with Crippen LogP contribution in [0.15, 0.2) is 40.9 Å². The molecular weight excluding hydrogens is 432 g/mol. The number of aryl methyl sites for hydroxylation is 1. The van der Waals surface area contributed by atoms with E-state index in [1.165, 1.54) is 0 Å². The van der Waals surface area contributed by atoms with Crippen molar-refractivity contribution in [3.8, 4) is 5.75 Å². The minimum Gasteiger partial charge on any atom is -0.483 e. The highest BCUT2D eigenvalue weighted by Crippen LogP contribution is 2.39. The van der Waals surface area contributed by atoms with Gasteiger partial charge in [-0.25, -0.2) is 0 Å². The SMILES string of the molecule is Cc1cccc(N2C(=O)COc3ccc(Br)cc3C2C(=O)NC2CCCC2)c1C. The summed E-state index contributed by atoms with van der Waals surface area (Å²) in [5.74, 6) is 0.189. The van der Waals surface area contributed by atoms with Crippen LogP contribution in [0.3, 0.4) is 0 Å². The van der Waals surface area contributed by atoms with Crippen LogP contribution < -0.4 is 15.0 Å². The summed E-state index contributed by atoms with van der Waals surface area (Å²) >= 11 is 3.51. The standard InChI is InChI=1S/C23H25BrN2O3/c1-14-6-5-9-19(15(14)2)26-21(27)13-29-20-11-10-16(24)12-18(20)22(26)23(28)25-17-7-3-4-8-17/h5-6,9-12,17,22H,3-4,7-8,13H2,1-2H3,(H,25,28). The lowest BCUT2D eigenvalue weighted by Crippen LogP contribution is -2.46. The maximum absolute atomic E-state index is 13.5. The van der Waals surface area contributed by atoms with Crippen molar-refractivity contribution in [2.45, 2.75) is 51.6 Å². The summed E-state index contributed by atoms with van der Waals surface area (Å²) in [4.78, 5) is 28.3. The molecule has 1 aliphatic heterocycles. The number of fused-ring (bicyclic) bond motifs is 1. The number of benzene rings is 2. The molecule has 152 valence electrons. The van der Waals surface area contributed by atoms with Gasteiger partial charge in [-0.2, -0.15) is 0 Å². The summed E-state index contributed by atoms with van der Waals surface area (Å²) in [6.07, 6.45) is 4.22. The third-order valence-corrected chi connectivity index (χ3v) is 6.42. The maximum atomic E-state index is 13.5. The van der Waals surface area contributed by atoms with E-state index in [2.05, 4.69) is 21.2 Å². The van der Waals surface area contributed by atoms with Crippen molar-refractivity contribution in [1.29, 1.82) is 0 Å². The summed E-state index contributed by atoms with van der Waals surface area (Å²) < 4.78 is 6.64. The van der Waals surface area contributed by atoms with Gasteiger partial charge in [0.1, 0.15) is 11.8 Å². The van der Waals surface area contributed by atoms with Gasteiger partial charge >= 0.3 is 0 Å². The Bertz CT molecular complexity index is 953. The minimum atomic E-state index is -0.779. The Balaban J connectivity index is 1.84. The maximum Gasteiger partial charge on any atom is 0.265 e. The van der Waals surface area contributed by atoms with E-state index in [9.17, 15) is 9.59 Å². The number of anilines is 1. The molecule has 4 rings (SSSR count). The van der Waals surface area contributed by atoms with Crippen LogP contribution in [0.5, 0.6) is 5.75 Å². The Kier molecular flexibility index (Phi) is 5.63. The van der Waals surface area contributed by atoms with Crippen molar-refractivity contribution in [2.75, 3.05) is 11.5 Å². The van der Waals surface area contributed by atoms with E-state index in [1.54, 1.807) is 4.90 Å². The number of hydrogen-bond donors (Lipinski definition) is 1. The molecule has 0 radical (unpaired) electrons. The molecule has 29 heavy (non-hydrogen) atoms. The molecule has 1 atom stereocenters. The first kappa shape index (κ1) is 20.0. The lowest BCUT2D eigenvalue weighted by atomic mass is 9.99. The van der Waals surface area contributed by atoms with Crippen LogP contribution in [-0.4, -0.2) is 24.5 Å². The summed E-state index contributed by atoms with van der Waals surface area (Å²) in [5.41, 5.74) is 3.50. The molecule has 0 aromatic heterocycles. The molecule has 2 aliphatic rings. The number of rotatable bonds is 3. The average molecular weight is 457 g/mol. The number of hydrogen-bond acceptors (Lipinski definition) is 3. The molecule has 1 heterocycles. The lowest BCUT2D eigenvalue weighted by Gasteiger charge is -2.31. The summed E-state index contributed by atoms with van der Waals surface area (Å²) in [6.45, 7) is 3.89. The van der Waals surface area contributed by atoms with E-state index >= 15 is 0 Å². The predicted molar refractivity (Wildman–Crippen MR) is 116 cm³/mol. The quantitative estimate of drug-likeness (QED) is 0.734. The van der Waals surface area contributed by atoms with E-state index in [4.69, 9.17) is 4.74 Å². The normalized spacial score (nSPS) is 19.5. The van der Waals surface area contributed by atoms with Gasteiger partial charge in [-0.05, 0) is 62.1 Å². The molecule has 1 saturated carbocycles. The van der Waals surface area contributed by atoms with Crippen LogP contribution in [0, 0.1) is 13.8 Å². The fourth-order valence-electron chi connectivity index (χ4n) is 4.24. The van der Waals surface area contributed by atoms with Crippen LogP contribution in [0.4, 0.5) is 5.69 Å². The molecule has 1 unspecified atom stereocenters. The zero-order valence-corrected chi connectivity index (χ0v) is 18.3. The Morgan fingerprint density at radius 3 is 2.69 bits per heavy atom. The first-order valence-electron chi connectivity index (χ1n) is 10.1. The number of nitrogens with one attached hydrogen (secondary N) is 1. The third-order valence-electron chi connectivity index (χ3n) is 5.93. The van der Waals surface area contributed by atoms with Crippen molar-refractivity contribution in [2.24, 2.45) is 0 Å². The number of amides is 2. The zero-order valence-electron chi connectivity index (χ0n) is 16.7. The van der Waals surface area contributed by atoms with Gasteiger partial charge in [-0.15, -0.1) is 0 Å². The highest BCUT2D eigenvalue weighted by molar-refractivity contribution is 9.10. The Morgan fingerprint density at radius 1 is 1.17 bits per heavy atom. The molecule has 2 amide bonds. The average Bonchev–Trinajstić information content (AvgIpc) is 3.15. The smallest absolute Gasteiger partial charge is 0.265 e. The van der Waals surface area contributed by atoms with E-state index in [-0.39, 0.29) is 24.5 Å². The Hall–Kier alpha value is -2.34. The van der Waals surface area contributed by atoms with E-state index in [0.29, 0.717) is 11.3 Å². The van der Waals surface area contributed by atoms with Crippen molar-refractivity contribution in [1.82, 2.24) is 5.32 Å². The van der Waals surface area contributed by atoms with Crippen LogP contribution in [0.1, 0.15) is 48.4 Å². The molecule has 0 saturated heterocycles. The van der Waals surface area contributed by atoms with E-state index in [0.717, 1.165) is 47.0 Å². The van der Waals surface area contributed by atoms with Gasteiger partial charge in [-0.1, -0.05) is 40.9 Å². The van der Waals surface area contributed by atoms with Gasteiger partial charge in [0.25, 0.3) is 5.91 Å². The number of nitrogens with zero attached hydrogens (tertiary/aromatic N) is 1. The first-order chi connectivity index (χ1) is 14.0. The van der Waals surface area contributed by atoms with Crippen LogP contribution in [0.2, 0.25) is 0 Å². The Morgan fingerprint density at radius 2 is 1.93 bits per heavy atom. The number of carbonyl (C=O) groups excluding carboxylic acids is 2. The number of ether oxygens (including phenoxy) is 1. The lowest BCUT2D eigenvalue weighted by molar-refractivity contribution is -0.127. The van der Waals surface area contributed by atoms with E-state index < -0.39 is 6.04 Å². The largest absolute Gasteiger partial charge is 0.483 e. The Labute approximate surface area is 179 Å². The monoisotopic (exact) mass is 456 g/mol. The van der Waals surface area contributed by atoms with Gasteiger partial charge in [0.15, 0.2) is 6.61 Å². The molecule has 1 N–H and O–H groups in total. The molecule has 0 spiro atoms. The van der Waals surface area contributed by atoms with Gasteiger partial charge in [0.2, 0.25) is 5.91 Å². The second kappa shape index (κ2) is 8.19. The molecular formula is C23H25BrN2O3. The van der Waals surface area contributed by atoms with Crippen molar-refractivity contribution < 1.29 is 14.3 Å². The molecule has 1 aliphatic carbocycles. The highest BCUT2D eigenvalue weighted by Gasteiger charge is 2.39. The second-order valence-electron chi connectivity index (χ2n) is 7.85. The minimum absolute atomic E-state index is 0.102. The summed E-state index contributed by atoms with van der Waals surface area (Å²) in [5, 5.41) is 3.19. The first-order valence-corrected chi connectivity index (χ1v) is 10.9. The highest BCUT2D eigenvalue weighted by atomic mass is 79.9. The second-order valence-corrected chi connectivity index (χ2v) is 8.76. The molecule has 2 aromatic carbocycles. The molecule has 6 heteroatoms. The molecule has 5 nitrogen and oxygen atoms in total. The van der Waals surface area contributed by atoms with E-state index in [1.807, 2.05) is 50.2 Å². The predicted octanol–water partition coefficient (Wildman–Crippen LogP) is 4.59. The van der Waals surface area contributed by atoms with Crippen molar-refractivity contribution in [3.63, 3.8) is 0 Å². The van der Waals surface area contributed by atoms with Gasteiger partial charge in [-0.3, -0.25) is 14.5 Å². The fraction of sp³-hybridized carbons (Fsp3) is 0.391. The number of carbonyl (C=O) groups is 2. The van der Waals surface area contributed by atoms with Gasteiger partial charge in [0.05, 0.1) is 0 Å². The topological polar surface area (TPSA) is 58.6 Å². The van der Waals surface area contributed by atoms with Crippen LogP contribution in [0.25, 0.3) is 0 Å². The molecule has 2 aromatic rings. The molecule has 0 bridgehead atoms. The number of halogens is 1. The van der Waals surface area contributed by atoms with Crippen molar-refractivity contribution >= 4 is 33.4 Å². The van der Waals surface area contributed by atoms with Gasteiger partial charge in [0, 0.05) is 21.8 Å². The van der Waals surface area contributed by atoms with Crippen LogP contribution in [-0.2, 0) is 9.59 Å².